The molecule has 0 radical (unpaired) electrons. The quantitative estimate of drug-likeness (QED) is 0.705. The lowest BCUT2D eigenvalue weighted by atomic mass is 10.2. The molecule has 0 unspecified atom stereocenters. The fourth-order valence-electron chi connectivity index (χ4n) is 0.902. The Labute approximate surface area is 76.5 Å². The Morgan fingerprint density at radius 3 is 3.08 bits per heavy atom. The van der Waals surface area contributed by atoms with E-state index in [0.717, 1.165) is 11.4 Å². The van der Waals surface area contributed by atoms with Crippen LogP contribution in [0.25, 0.3) is 0 Å². The molecule has 0 aliphatic carbocycles. The van der Waals surface area contributed by atoms with Crippen molar-refractivity contribution < 1.29 is 4.39 Å². The topological polar surface area (TPSA) is 28.7 Å². The molecule has 0 bridgehead atoms. The van der Waals surface area contributed by atoms with Gasteiger partial charge in [-0.3, -0.25) is 0 Å². The van der Waals surface area contributed by atoms with Gasteiger partial charge in [0.05, 0.1) is 6.33 Å². The highest BCUT2D eigenvalue weighted by atomic mass is 19.1. The SMILES string of the molecule is C=C(/C=C\C=C\F)Cc1ncc[nH]1. The average molecular weight is 178 g/mol. The molecular weight excluding hydrogens is 167 g/mol. The minimum atomic E-state index is 0.483. The lowest BCUT2D eigenvalue weighted by Gasteiger charge is -1.94. The van der Waals surface area contributed by atoms with Gasteiger partial charge in [-0.25, -0.2) is 9.37 Å². The Kier molecular flexibility index (Phi) is 3.70. The fraction of sp³-hybridized carbons (Fsp3) is 0.100. The van der Waals surface area contributed by atoms with Gasteiger partial charge in [-0.05, 0) is 11.6 Å². The number of rotatable bonds is 4. The van der Waals surface area contributed by atoms with Crippen molar-refractivity contribution in [3.8, 4) is 0 Å². The molecule has 3 heteroatoms. The second-order valence-electron chi connectivity index (χ2n) is 2.55. The lowest BCUT2D eigenvalue weighted by molar-refractivity contribution is 0.721. The van der Waals surface area contributed by atoms with E-state index in [-0.39, 0.29) is 0 Å². The summed E-state index contributed by atoms with van der Waals surface area (Å²) in [7, 11) is 0. The van der Waals surface area contributed by atoms with Gasteiger partial charge in [-0.15, -0.1) is 0 Å². The van der Waals surface area contributed by atoms with Gasteiger partial charge in [0.2, 0.25) is 0 Å². The predicted octanol–water partition coefficient (Wildman–Crippen LogP) is 2.55. The summed E-state index contributed by atoms with van der Waals surface area (Å²) in [6.07, 6.45) is 9.25. The van der Waals surface area contributed by atoms with Crippen molar-refractivity contribution in [2.45, 2.75) is 6.42 Å². The van der Waals surface area contributed by atoms with E-state index in [1.807, 2.05) is 0 Å². The van der Waals surface area contributed by atoms with Crippen molar-refractivity contribution in [3.63, 3.8) is 0 Å². The highest BCUT2D eigenvalue weighted by Gasteiger charge is 1.94. The van der Waals surface area contributed by atoms with E-state index in [0.29, 0.717) is 12.8 Å². The minimum absolute atomic E-state index is 0.483. The van der Waals surface area contributed by atoms with Crippen molar-refractivity contribution in [1.82, 2.24) is 9.97 Å². The first-order valence-electron chi connectivity index (χ1n) is 3.92. The van der Waals surface area contributed by atoms with E-state index in [2.05, 4.69) is 16.5 Å². The molecule has 1 aromatic rings. The van der Waals surface area contributed by atoms with Crippen molar-refractivity contribution in [1.29, 1.82) is 0 Å². The Bertz CT molecular complexity index is 310. The first-order chi connectivity index (χ1) is 6.33. The summed E-state index contributed by atoms with van der Waals surface area (Å²) < 4.78 is 11.5. The molecule has 13 heavy (non-hydrogen) atoms. The zero-order valence-electron chi connectivity index (χ0n) is 7.20. The molecule has 0 saturated carbocycles. The Morgan fingerprint density at radius 1 is 1.62 bits per heavy atom. The molecule has 68 valence electrons. The standard InChI is InChI=1S/C10H11FN2/c1-9(4-2-3-5-11)8-10-12-6-7-13-10/h2-7H,1,8H2,(H,12,13)/b4-2-,5-3+. The van der Waals surface area contributed by atoms with E-state index in [1.165, 1.54) is 6.08 Å². The number of hydrogen-bond acceptors (Lipinski definition) is 1. The average Bonchev–Trinajstić information content (AvgIpc) is 2.57. The van der Waals surface area contributed by atoms with E-state index in [4.69, 9.17) is 0 Å². The molecule has 0 aliphatic heterocycles. The first kappa shape index (κ1) is 9.45. The maximum atomic E-state index is 11.5. The van der Waals surface area contributed by atoms with Crippen LogP contribution >= 0.6 is 0 Å². The molecule has 1 heterocycles. The van der Waals surface area contributed by atoms with Crippen LogP contribution in [0.15, 0.2) is 49.1 Å². The van der Waals surface area contributed by atoms with Crippen molar-refractivity contribution in [3.05, 3.63) is 54.9 Å². The van der Waals surface area contributed by atoms with E-state index in [1.54, 1.807) is 24.5 Å². The zero-order valence-corrected chi connectivity index (χ0v) is 7.20. The molecule has 0 aliphatic rings. The number of hydrogen-bond donors (Lipinski definition) is 1. The number of nitrogens with one attached hydrogen (secondary N) is 1. The van der Waals surface area contributed by atoms with Gasteiger partial charge in [0.1, 0.15) is 5.82 Å². The molecule has 1 aromatic heterocycles. The van der Waals surface area contributed by atoms with Gasteiger partial charge in [-0.2, -0.15) is 0 Å². The highest BCUT2D eigenvalue weighted by Crippen LogP contribution is 2.02. The van der Waals surface area contributed by atoms with E-state index < -0.39 is 0 Å². The molecule has 1 rings (SSSR count). The number of aromatic nitrogens is 2. The van der Waals surface area contributed by atoms with Crippen LogP contribution in [0.2, 0.25) is 0 Å². The largest absolute Gasteiger partial charge is 0.348 e. The number of nitrogens with zero attached hydrogens (tertiary/aromatic N) is 1. The Morgan fingerprint density at radius 2 is 2.46 bits per heavy atom. The summed E-state index contributed by atoms with van der Waals surface area (Å²) >= 11 is 0. The van der Waals surface area contributed by atoms with Crippen LogP contribution in [0.4, 0.5) is 4.39 Å². The number of H-pyrrole nitrogens is 1. The molecule has 0 fully saturated rings. The Hall–Kier alpha value is -1.64. The van der Waals surface area contributed by atoms with Crippen LogP contribution in [-0.4, -0.2) is 9.97 Å². The Balaban J connectivity index is 2.42. The van der Waals surface area contributed by atoms with Crippen LogP contribution in [0, 0.1) is 0 Å². The van der Waals surface area contributed by atoms with E-state index >= 15 is 0 Å². The summed E-state index contributed by atoms with van der Waals surface area (Å²) in [6, 6.07) is 0. The van der Waals surface area contributed by atoms with Crippen molar-refractivity contribution in [2.75, 3.05) is 0 Å². The maximum Gasteiger partial charge on any atom is 0.110 e. The van der Waals surface area contributed by atoms with Crippen LogP contribution < -0.4 is 0 Å². The molecule has 1 N–H and O–H groups in total. The van der Waals surface area contributed by atoms with Crippen LogP contribution in [0.3, 0.4) is 0 Å². The van der Waals surface area contributed by atoms with Gasteiger partial charge >= 0.3 is 0 Å². The smallest absolute Gasteiger partial charge is 0.110 e. The minimum Gasteiger partial charge on any atom is -0.348 e. The van der Waals surface area contributed by atoms with Crippen LogP contribution in [0.5, 0.6) is 0 Å². The third-order valence-electron chi connectivity index (χ3n) is 1.47. The maximum absolute atomic E-state index is 11.5. The summed E-state index contributed by atoms with van der Waals surface area (Å²) in [5.41, 5.74) is 0.882. The molecular formula is C10H11FN2. The van der Waals surface area contributed by atoms with Gasteiger partial charge in [0, 0.05) is 18.8 Å². The highest BCUT2D eigenvalue weighted by molar-refractivity contribution is 5.21. The number of aromatic amines is 1. The summed E-state index contributed by atoms with van der Waals surface area (Å²) in [5, 5.41) is 0. The monoisotopic (exact) mass is 178 g/mol. The first-order valence-corrected chi connectivity index (χ1v) is 3.92. The fourth-order valence-corrected chi connectivity index (χ4v) is 0.902. The second kappa shape index (κ2) is 5.09. The van der Waals surface area contributed by atoms with Crippen molar-refractivity contribution >= 4 is 0 Å². The van der Waals surface area contributed by atoms with Crippen LogP contribution in [0.1, 0.15) is 5.82 Å². The number of halogens is 1. The number of allylic oxidation sites excluding steroid dienone is 4. The third-order valence-corrected chi connectivity index (χ3v) is 1.47. The third kappa shape index (κ3) is 3.51. The summed E-state index contributed by atoms with van der Waals surface area (Å²) in [4.78, 5) is 7.00. The summed E-state index contributed by atoms with van der Waals surface area (Å²) in [6.45, 7) is 3.80. The van der Waals surface area contributed by atoms with E-state index in [9.17, 15) is 4.39 Å². The van der Waals surface area contributed by atoms with Gasteiger partial charge < -0.3 is 4.98 Å². The molecule has 0 amide bonds. The lowest BCUT2D eigenvalue weighted by Crippen LogP contribution is -1.88. The number of imidazole rings is 1. The molecule has 0 atom stereocenters. The normalized spacial score (nSPS) is 11.5. The van der Waals surface area contributed by atoms with Crippen molar-refractivity contribution in [2.24, 2.45) is 0 Å². The predicted molar refractivity (Wildman–Crippen MR) is 50.8 cm³/mol. The molecule has 0 spiro atoms. The van der Waals surface area contributed by atoms with Crippen LogP contribution in [-0.2, 0) is 6.42 Å². The second-order valence-corrected chi connectivity index (χ2v) is 2.55. The molecule has 0 aromatic carbocycles. The zero-order chi connectivity index (χ0) is 9.52. The van der Waals surface area contributed by atoms with Gasteiger partial charge in [0.15, 0.2) is 0 Å². The van der Waals surface area contributed by atoms with Gasteiger partial charge in [-0.1, -0.05) is 18.7 Å². The summed E-state index contributed by atoms with van der Waals surface area (Å²) in [5.74, 6) is 0.860. The molecule has 2 nitrogen and oxygen atoms in total. The van der Waals surface area contributed by atoms with Gasteiger partial charge in [0.25, 0.3) is 0 Å². The molecule has 0 saturated heterocycles.